The van der Waals surface area contributed by atoms with Crippen LogP contribution in [0.1, 0.15) is 57.2 Å². The molecule has 0 bridgehead atoms. The number of aromatic nitrogens is 3. The van der Waals surface area contributed by atoms with Crippen molar-refractivity contribution >= 4 is 23.4 Å². The lowest BCUT2D eigenvalue weighted by atomic mass is 10.00. The highest BCUT2D eigenvalue weighted by molar-refractivity contribution is 5.90. The van der Waals surface area contributed by atoms with Crippen LogP contribution in [0.4, 0.5) is 20.4 Å². The Balaban J connectivity index is 1.71. The smallest absolute Gasteiger partial charge is 0.162 e. The van der Waals surface area contributed by atoms with Gasteiger partial charge in [0, 0.05) is 29.6 Å². The van der Waals surface area contributed by atoms with Gasteiger partial charge in [-0.25, -0.2) is 23.7 Å². The molecule has 2 aromatic heterocycles. The lowest BCUT2D eigenvalue weighted by molar-refractivity contribution is 0.263. The van der Waals surface area contributed by atoms with Crippen LogP contribution in [0.3, 0.4) is 0 Å². The van der Waals surface area contributed by atoms with Gasteiger partial charge >= 0.3 is 0 Å². The maximum atomic E-state index is 14.4. The van der Waals surface area contributed by atoms with E-state index in [0.717, 1.165) is 49.9 Å². The number of rotatable bonds is 10. The van der Waals surface area contributed by atoms with Gasteiger partial charge in [0.25, 0.3) is 0 Å². The number of allylic oxidation sites excluding steroid dienone is 4. The first-order chi connectivity index (χ1) is 17.8. The van der Waals surface area contributed by atoms with E-state index in [4.69, 9.17) is 10.4 Å². The number of hydrogen-bond donors (Lipinski definition) is 3. The van der Waals surface area contributed by atoms with Gasteiger partial charge in [-0.1, -0.05) is 13.5 Å². The second-order valence-electron chi connectivity index (χ2n) is 9.75. The Morgan fingerprint density at radius 1 is 1.22 bits per heavy atom. The molecule has 37 heavy (non-hydrogen) atoms. The van der Waals surface area contributed by atoms with Crippen molar-refractivity contribution < 1.29 is 8.78 Å². The SMILES string of the molecule is C=C(c1c(C=N)nc(-c2ccnc(NC(=C(/C)F)/C(F)=C\CC)c2)nc1NC1CCN(C)CC1)C1CC1. The maximum absolute atomic E-state index is 14.4. The summed E-state index contributed by atoms with van der Waals surface area (Å²) in [5.41, 5.74) is 2.63. The van der Waals surface area contributed by atoms with Gasteiger partial charge in [0.1, 0.15) is 29.0 Å². The van der Waals surface area contributed by atoms with Crippen LogP contribution in [0.25, 0.3) is 17.0 Å². The van der Waals surface area contributed by atoms with Crippen molar-refractivity contribution in [2.45, 2.75) is 52.0 Å². The number of pyridine rings is 1. The zero-order valence-corrected chi connectivity index (χ0v) is 21.7. The van der Waals surface area contributed by atoms with E-state index in [2.05, 4.69) is 39.1 Å². The number of nitrogens with zero attached hydrogens (tertiary/aromatic N) is 4. The van der Waals surface area contributed by atoms with Crippen LogP contribution in [0.2, 0.25) is 0 Å². The molecule has 1 aliphatic carbocycles. The number of piperidine rings is 1. The van der Waals surface area contributed by atoms with Crippen LogP contribution >= 0.6 is 0 Å². The molecular weight excluding hydrogens is 472 g/mol. The van der Waals surface area contributed by atoms with Crippen molar-refractivity contribution in [3.63, 3.8) is 0 Å². The Kier molecular flexibility index (Phi) is 8.43. The Bertz CT molecular complexity index is 1220. The molecule has 2 aliphatic rings. The lowest BCUT2D eigenvalue weighted by Crippen LogP contribution is -2.37. The van der Waals surface area contributed by atoms with Crippen molar-refractivity contribution in [2.24, 2.45) is 5.92 Å². The average Bonchev–Trinajstić information content (AvgIpc) is 3.73. The highest BCUT2D eigenvalue weighted by atomic mass is 19.1. The van der Waals surface area contributed by atoms with Crippen molar-refractivity contribution in [3.8, 4) is 11.4 Å². The summed E-state index contributed by atoms with van der Waals surface area (Å²) in [6, 6.07) is 3.65. The molecule has 4 rings (SSSR count). The minimum absolute atomic E-state index is 0.256. The molecule has 0 spiro atoms. The standard InChI is InChI=1S/C28H35F2N7/c1-5-6-22(30)26(18(3)29)35-24-15-20(9-12-32-24)27-34-23(16-31)25(17(2)19-7-8-19)28(36-27)33-21-10-13-37(4)14-11-21/h6,9,12,15-16,19,21,31H,2,5,7-8,10-11,13-14H2,1,3-4H3,(H,32,35)(H,33,34,36)/b22-6+,26-18-,31-16?. The summed E-state index contributed by atoms with van der Waals surface area (Å²) in [4.78, 5) is 16.1. The number of anilines is 2. The van der Waals surface area contributed by atoms with Gasteiger partial charge in [-0.15, -0.1) is 0 Å². The summed E-state index contributed by atoms with van der Waals surface area (Å²) in [6.07, 6.45) is 8.66. The van der Waals surface area contributed by atoms with Crippen LogP contribution in [0.5, 0.6) is 0 Å². The maximum Gasteiger partial charge on any atom is 0.162 e. The first kappa shape index (κ1) is 26.6. The Hall–Kier alpha value is -3.46. The molecular formula is C28H35F2N7. The van der Waals surface area contributed by atoms with Crippen molar-refractivity contribution in [3.05, 3.63) is 59.6 Å². The molecule has 196 valence electrons. The van der Waals surface area contributed by atoms with Crippen LogP contribution in [-0.2, 0) is 0 Å². The minimum Gasteiger partial charge on any atom is -0.367 e. The summed E-state index contributed by atoms with van der Waals surface area (Å²) >= 11 is 0. The number of hydrogen-bond acceptors (Lipinski definition) is 7. The van der Waals surface area contributed by atoms with E-state index in [0.29, 0.717) is 35.2 Å². The normalized spacial score (nSPS) is 17.8. The molecule has 2 aromatic rings. The summed E-state index contributed by atoms with van der Waals surface area (Å²) < 4.78 is 28.5. The summed E-state index contributed by atoms with van der Waals surface area (Å²) in [5, 5.41) is 14.5. The van der Waals surface area contributed by atoms with Gasteiger partial charge in [-0.2, -0.15) is 0 Å². The molecule has 0 amide bonds. The monoisotopic (exact) mass is 507 g/mol. The third-order valence-electron chi connectivity index (χ3n) is 6.76. The van der Waals surface area contributed by atoms with Gasteiger partial charge in [0.05, 0.1) is 5.69 Å². The van der Waals surface area contributed by atoms with Crippen molar-refractivity contribution in [2.75, 3.05) is 30.8 Å². The lowest BCUT2D eigenvalue weighted by Gasteiger charge is -2.30. The van der Waals surface area contributed by atoms with Crippen molar-refractivity contribution in [1.29, 1.82) is 5.41 Å². The average molecular weight is 508 g/mol. The molecule has 1 saturated heterocycles. The highest BCUT2D eigenvalue weighted by Gasteiger charge is 2.30. The molecule has 0 aromatic carbocycles. The fourth-order valence-electron chi connectivity index (χ4n) is 4.47. The second-order valence-corrected chi connectivity index (χ2v) is 9.75. The molecule has 1 aliphatic heterocycles. The molecule has 1 saturated carbocycles. The first-order valence-electron chi connectivity index (χ1n) is 12.8. The fraction of sp³-hybridized carbons (Fsp3) is 0.429. The van der Waals surface area contributed by atoms with E-state index in [1.807, 2.05) is 0 Å². The molecule has 0 unspecified atom stereocenters. The Morgan fingerprint density at radius 3 is 2.57 bits per heavy atom. The molecule has 3 heterocycles. The quantitative estimate of drug-likeness (QED) is 0.257. The predicted molar refractivity (Wildman–Crippen MR) is 146 cm³/mol. The van der Waals surface area contributed by atoms with E-state index in [-0.39, 0.29) is 17.6 Å². The topological polar surface area (TPSA) is 89.8 Å². The Labute approximate surface area is 217 Å². The highest BCUT2D eigenvalue weighted by Crippen LogP contribution is 2.44. The van der Waals surface area contributed by atoms with Gasteiger partial charge in [0.15, 0.2) is 5.82 Å². The van der Waals surface area contributed by atoms with Crippen LogP contribution in [0, 0.1) is 11.3 Å². The van der Waals surface area contributed by atoms with E-state index in [9.17, 15) is 8.78 Å². The van der Waals surface area contributed by atoms with Gasteiger partial charge < -0.3 is 20.9 Å². The number of halogens is 2. The third kappa shape index (κ3) is 6.46. The number of likely N-dealkylation sites (tertiary alicyclic amines) is 1. The molecule has 0 radical (unpaired) electrons. The van der Waals surface area contributed by atoms with E-state index < -0.39 is 11.7 Å². The van der Waals surface area contributed by atoms with Gasteiger partial charge in [-0.3, -0.25) is 0 Å². The summed E-state index contributed by atoms with van der Waals surface area (Å²) in [6.45, 7) is 9.30. The van der Waals surface area contributed by atoms with Gasteiger partial charge in [0.2, 0.25) is 0 Å². The largest absolute Gasteiger partial charge is 0.367 e. The summed E-state index contributed by atoms with van der Waals surface area (Å²) in [7, 11) is 2.12. The van der Waals surface area contributed by atoms with E-state index in [1.165, 1.54) is 19.2 Å². The minimum atomic E-state index is -0.677. The van der Waals surface area contributed by atoms with Crippen LogP contribution in [-0.4, -0.2) is 52.2 Å². The Morgan fingerprint density at radius 2 is 1.95 bits per heavy atom. The van der Waals surface area contributed by atoms with E-state index in [1.54, 1.807) is 25.3 Å². The molecule has 3 N–H and O–H groups in total. The number of nitrogens with one attached hydrogen (secondary N) is 3. The molecule has 9 heteroatoms. The fourth-order valence-corrected chi connectivity index (χ4v) is 4.47. The zero-order valence-electron chi connectivity index (χ0n) is 21.7. The summed E-state index contributed by atoms with van der Waals surface area (Å²) in [5.74, 6) is 0.384. The second kappa shape index (κ2) is 11.7. The van der Waals surface area contributed by atoms with Crippen LogP contribution < -0.4 is 10.6 Å². The van der Waals surface area contributed by atoms with Crippen molar-refractivity contribution in [1.82, 2.24) is 19.9 Å². The first-order valence-corrected chi connectivity index (χ1v) is 12.8. The predicted octanol–water partition coefficient (Wildman–Crippen LogP) is 6.34. The molecule has 2 fully saturated rings. The zero-order chi connectivity index (χ0) is 26.5. The van der Waals surface area contributed by atoms with Crippen LogP contribution in [0.15, 0.2) is 48.3 Å². The van der Waals surface area contributed by atoms with E-state index >= 15 is 0 Å². The molecule has 7 nitrogen and oxygen atoms in total. The third-order valence-corrected chi connectivity index (χ3v) is 6.76. The molecule has 0 atom stereocenters. The van der Waals surface area contributed by atoms with Gasteiger partial charge in [-0.05, 0) is 88.9 Å².